The number of benzene rings is 1. The third kappa shape index (κ3) is 3.90. The second-order valence-electron chi connectivity index (χ2n) is 9.57. The minimum atomic E-state index is -3.80. The number of hydrogen-bond donors (Lipinski definition) is 1. The Morgan fingerprint density at radius 3 is 2.51 bits per heavy atom. The van der Waals surface area contributed by atoms with Crippen LogP contribution in [0.25, 0.3) is 16.7 Å². The van der Waals surface area contributed by atoms with Gasteiger partial charge in [-0.1, -0.05) is 24.6 Å². The summed E-state index contributed by atoms with van der Waals surface area (Å²) in [4.78, 5) is 17.8. The Morgan fingerprint density at radius 2 is 1.78 bits per heavy atom. The molecule has 37 heavy (non-hydrogen) atoms. The van der Waals surface area contributed by atoms with Crippen molar-refractivity contribution in [2.45, 2.75) is 43.5 Å². The highest BCUT2D eigenvalue weighted by Crippen LogP contribution is 2.40. The first-order valence-electron chi connectivity index (χ1n) is 12.0. The van der Waals surface area contributed by atoms with Crippen LogP contribution in [-0.4, -0.2) is 42.8 Å². The highest BCUT2D eigenvalue weighted by molar-refractivity contribution is 7.90. The molecule has 1 aliphatic carbocycles. The highest BCUT2D eigenvalue weighted by Gasteiger charge is 2.35. The zero-order chi connectivity index (χ0) is 25.7. The summed E-state index contributed by atoms with van der Waals surface area (Å²) in [6.45, 7) is 4.12. The normalized spacial score (nSPS) is 19.9. The average Bonchev–Trinajstić information content (AvgIpc) is 3.61. The molecular formula is C26H24N8O2S. The van der Waals surface area contributed by atoms with Gasteiger partial charge in [0.05, 0.1) is 40.7 Å². The van der Waals surface area contributed by atoms with Crippen molar-refractivity contribution >= 4 is 32.5 Å². The van der Waals surface area contributed by atoms with Gasteiger partial charge in [0.2, 0.25) is 0 Å². The minimum Gasteiger partial charge on any atom is -0.366 e. The number of nitriles is 1. The standard InChI is InChI=1S/C26H24N8O2S/c1-16-3-5-21(6-4-16)37(35,36)33-8-7-23-26(33)31-14-20-13-30-25(34(20)23)22-10-18(9-17(22)2)32-24-15-28-19(11-27)12-29-24/h3-8,12-15,17-18,22H,9-10H2,1-2H3,(H,29,32)/t17-,18+,22+/m1/s1. The van der Waals surface area contributed by atoms with E-state index in [-0.39, 0.29) is 22.5 Å². The zero-order valence-corrected chi connectivity index (χ0v) is 21.1. The second kappa shape index (κ2) is 8.67. The van der Waals surface area contributed by atoms with Crippen LogP contribution in [-0.2, 0) is 10.0 Å². The van der Waals surface area contributed by atoms with Gasteiger partial charge in [-0.15, -0.1) is 0 Å². The highest BCUT2D eigenvalue weighted by atomic mass is 32.2. The zero-order valence-electron chi connectivity index (χ0n) is 20.3. The summed E-state index contributed by atoms with van der Waals surface area (Å²) in [6, 6.07) is 10.7. The van der Waals surface area contributed by atoms with E-state index < -0.39 is 10.0 Å². The molecule has 186 valence electrons. The molecule has 0 aliphatic heterocycles. The second-order valence-corrected chi connectivity index (χ2v) is 11.4. The molecule has 10 nitrogen and oxygen atoms in total. The van der Waals surface area contributed by atoms with Crippen molar-refractivity contribution in [2.75, 3.05) is 5.32 Å². The largest absolute Gasteiger partial charge is 0.366 e. The molecule has 0 spiro atoms. The molecule has 6 rings (SSSR count). The van der Waals surface area contributed by atoms with Crippen molar-refractivity contribution < 1.29 is 8.42 Å². The molecule has 1 saturated carbocycles. The summed E-state index contributed by atoms with van der Waals surface area (Å²) >= 11 is 0. The molecule has 5 aromatic rings. The van der Waals surface area contributed by atoms with Gasteiger partial charge < -0.3 is 5.32 Å². The maximum Gasteiger partial charge on any atom is 0.269 e. The Labute approximate surface area is 213 Å². The first-order chi connectivity index (χ1) is 17.8. The van der Waals surface area contributed by atoms with Crippen LogP contribution in [0.15, 0.2) is 66.2 Å². The van der Waals surface area contributed by atoms with E-state index in [1.807, 2.05) is 17.4 Å². The lowest BCUT2D eigenvalue weighted by Crippen LogP contribution is -2.17. The Balaban J connectivity index is 1.35. The fourth-order valence-electron chi connectivity index (χ4n) is 5.23. The maximum atomic E-state index is 13.4. The molecule has 0 radical (unpaired) electrons. The molecule has 3 atom stereocenters. The number of nitrogens with zero attached hydrogens (tertiary/aromatic N) is 7. The molecule has 0 bridgehead atoms. The Bertz CT molecular complexity index is 1770. The number of hydrogen-bond acceptors (Lipinski definition) is 8. The predicted molar refractivity (Wildman–Crippen MR) is 138 cm³/mol. The monoisotopic (exact) mass is 512 g/mol. The van der Waals surface area contributed by atoms with Crippen molar-refractivity contribution in [2.24, 2.45) is 5.92 Å². The average molecular weight is 513 g/mol. The minimum absolute atomic E-state index is 0.147. The van der Waals surface area contributed by atoms with E-state index in [1.165, 1.54) is 10.2 Å². The number of nitrogens with one attached hydrogen (secondary N) is 1. The first kappa shape index (κ1) is 23.1. The molecule has 4 heterocycles. The molecule has 1 N–H and O–H groups in total. The quantitative estimate of drug-likeness (QED) is 0.375. The van der Waals surface area contributed by atoms with Crippen LogP contribution in [0.2, 0.25) is 0 Å². The predicted octanol–water partition coefficient (Wildman–Crippen LogP) is 3.89. The van der Waals surface area contributed by atoms with E-state index >= 15 is 0 Å². The van der Waals surface area contributed by atoms with Gasteiger partial charge in [-0.25, -0.2) is 32.3 Å². The number of fused-ring (bicyclic) bond motifs is 3. The summed E-state index contributed by atoms with van der Waals surface area (Å²) in [5.41, 5.74) is 3.14. The fraction of sp³-hybridized carbons (Fsp3) is 0.269. The molecule has 1 aromatic carbocycles. The van der Waals surface area contributed by atoms with Gasteiger partial charge in [0.15, 0.2) is 11.3 Å². The van der Waals surface area contributed by atoms with E-state index in [1.54, 1.807) is 55.1 Å². The van der Waals surface area contributed by atoms with E-state index in [4.69, 9.17) is 10.2 Å². The van der Waals surface area contributed by atoms with Crippen LogP contribution in [0.3, 0.4) is 0 Å². The molecule has 11 heteroatoms. The molecule has 1 aliphatic rings. The van der Waals surface area contributed by atoms with Gasteiger partial charge in [0.1, 0.15) is 17.7 Å². The molecular weight excluding hydrogens is 488 g/mol. The molecule has 0 unspecified atom stereocenters. The molecule has 0 amide bonds. The van der Waals surface area contributed by atoms with E-state index in [2.05, 4.69) is 27.2 Å². The molecule has 0 saturated heterocycles. The van der Waals surface area contributed by atoms with Gasteiger partial charge in [0.25, 0.3) is 10.0 Å². The van der Waals surface area contributed by atoms with E-state index in [0.29, 0.717) is 22.9 Å². The van der Waals surface area contributed by atoms with Gasteiger partial charge in [-0.3, -0.25) is 4.40 Å². The summed E-state index contributed by atoms with van der Waals surface area (Å²) in [7, 11) is -3.80. The number of rotatable bonds is 5. The lowest BCUT2D eigenvalue weighted by atomic mass is 9.97. The number of aromatic nitrogens is 6. The molecule has 1 fully saturated rings. The van der Waals surface area contributed by atoms with Gasteiger partial charge in [-0.2, -0.15) is 5.26 Å². The van der Waals surface area contributed by atoms with Gasteiger partial charge >= 0.3 is 0 Å². The van der Waals surface area contributed by atoms with Crippen molar-refractivity contribution in [3.63, 3.8) is 0 Å². The number of imidazole rings is 1. The maximum absolute atomic E-state index is 13.4. The topological polar surface area (TPSA) is 131 Å². The van der Waals surface area contributed by atoms with Crippen LogP contribution in [0, 0.1) is 24.2 Å². The fourth-order valence-corrected chi connectivity index (χ4v) is 6.53. The van der Waals surface area contributed by atoms with Gasteiger partial charge in [-0.05, 0) is 43.9 Å². The Kier molecular flexibility index (Phi) is 5.42. The summed E-state index contributed by atoms with van der Waals surface area (Å²) in [6.07, 6.45) is 9.79. The third-order valence-corrected chi connectivity index (χ3v) is 8.77. The lowest BCUT2D eigenvalue weighted by Gasteiger charge is -2.15. The van der Waals surface area contributed by atoms with Crippen LogP contribution in [0.1, 0.15) is 42.8 Å². The number of anilines is 1. The Hall–Kier alpha value is -4.30. The third-order valence-electron chi connectivity index (χ3n) is 7.09. The summed E-state index contributed by atoms with van der Waals surface area (Å²) in [5.74, 6) is 2.00. The van der Waals surface area contributed by atoms with Crippen LogP contribution >= 0.6 is 0 Å². The summed E-state index contributed by atoms with van der Waals surface area (Å²) < 4.78 is 30.1. The van der Waals surface area contributed by atoms with Crippen molar-refractivity contribution in [3.05, 3.63) is 78.4 Å². The van der Waals surface area contributed by atoms with E-state index in [9.17, 15) is 8.42 Å². The van der Waals surface area contributed by atoms with E-state index in [0.717, 1.165) is 29.7 Å². The van der Waals surface area contributed by atoms with Crippen LogP contribution in [0.4, 0.5) is 5.82 Å². The van der Waals surface area contributed by atoms with Crippen molar-refractivity contribution in [3.8, 4) is 6.07 Å². The Morgan fingerprint density at radius 1 is 1.00 bits per heavy atom. The van der Waals surface area contributed by atoms with Crippen LogP contribution in [0.5, 0.6) is 0 Å². The smallest absolute Gasteiger partial charge is 0.269 e. The summed E-state index contributed by atoms with van der Waals surface area (Å²) in [5, 5.41) is 12.4. The SMILES string of the molecule is Cc1ccc(S(=O)(=O)n2ccc3c2ncc2cnc([C@H]4C[C@@H](Nc5cnc(C#N)cn5)C[C@H]4C)n23)cc1. The van der Waals surface area contributed by atoms with Crippen LogP contribution < -0.4 is 5.32 Å². The van der Waals surface area contributed by atoms with Crippen molar-refractivity contribution in [1.82, 2.24) is 28.3 Å². The van der Waals surface area contributed by atoms with Gasteiger partial charge in [0, 0.05) is 18.2 Å². The lowest BCUT2D eigenvalue weighted by molar-refractivity contribution is 0.509. The molecule has 4 aromatic heterocycles. The van der Waals surface area contributed by atoms with Crippen molar-refractivity contribution in [1.29, 1.82) is 5.26 Å². The number of aryl methyl sites for hydroxylation is 1. The first-order valence-corrected chi connectivity index (χ1v) is 13.4.